The molecule has 8 heteroatoms. The lowest BCUT2D eigenvalue weighted by Gasteiger charge is -2.33. The van der Waals surface area contributed by atoms with Gasteiger partial charge in [0.1, 0.15) is 4.88 Å². The molecular weight excluding hydrogens is 392 g/mol. The lowest BCUT2D eigenvalue weighted by atomic mass is 10.1. The fraction of sp³-hybridized carbons (Fsp3) is 0.381. The molecule has 29 heavy (non-hydrogen) atoms. The van der Waals surface area contributed by atoms with Gasteiger partial charge in [0.05, 0.1) is 6.61 Å². The van der Waals surface area contributed by atoms with E-state index in [1.54, 1.807) is 16.7 Å². The molecular formula is C21H24N2O5S. The zero-order chi connectivity index (χ0) is 20.8. The summed E-state index contributed by atoms with van der Waals surface area (Å²) >= 11 is 1.29. The minimum atomic E-state index is -0.505. The molecule has 2 amide bonds. The number of benzene rings is 1. The number of rotatable bonds is 5. The second-order valence-electron chi connectivity index (χ2n) is 6.67. The van der Waals surface area contributed by atoms with Crippen LogP contribution in [0.1, 0.15) is 22.2 Å². The molecule has 2 heterocycles. The molecule has 1 aliphatic rings. The van der Waals surface area contributed by atoms with E-state index in [4.69, 9.17) is 9.47 Å². The first-order chi connectivity index (χ1) is 14.0. The van der Waals surface area contributed by atoms with E-state index < -0.39 is 5.97 Å². The van der Waals surface area contributed by atoms with Gasteiger partial charge >= 0.3 is 12.1 Å². The highest BCUT2D eigenvalue weighted by Gasteiger charge is 2.26. The second kappa shape index (κ2) is 9.56. The zero-order valence-corrected chi connectivity index (χ0v) is 17.4. The van der Waals surface area contributed by atoms with Gasteiger partial charge in [-0.25, -0.2) is 9.59 Å². The number of carbonyl (C=O) groups excluding carboxylic acids is 3. The molecule has 1 saturated heterocycles. The van der Waals surface area contributed by atoms with E-state index in [0.717, 1.165) is 16.7 Å². The number of ether oxygens (including phenoxy) is 2. The number of thiophene rings is 1. The topological polar surface area (TPSA) is 76.2 Å². The minimum Gasteiger partial charge on any atom is -0.451 e. The SMILES string of the molecule is CCOC(=O)N1CCN(C(=O)COC(=O)c2sccc2-c2ccc(C)cc2)CC1. The van der Waals surface area contributed by atoms with E-state index in [1.165, 1.54) is 11.3 Å². The lowest BCUT2D eigenvalue weighted by molar-refractivity contribution is -0.136. The standard InChI is InChI=1S/C21H24N2O5S/c1-3-27-21(26)23-11-9-22(10-12-23)18(24)14-28-20(25)19-17(8-13-29-19)16-6-4-15(2)5-7-16/h4-8,13H,3,9-12,14H2,1-2H3. The summed E-state index contributed by atoms with van der Waals surface area (Å²) in [4.78, 5) is 40.3. The summed E-state index contributed by atoms with van der Waals surface area (Å²) in [5, 5.41) is 1.84. The van der Waals surface area contributed by atoms with Crippen LogP contribution in [0.25, 0.3) is 11.1 Å². The van der Waals surface area contributed by atoms with Crippen molar-refractivity contribution in [3.05, 3.63) is 46.2 Å². The van der Waals surface area contributed by atoms with E-state index in [9.17, 15) is 14.4 Å². The van der Waals surface area contributed by atoms with Crippen LogP contribution < -0.4 is 0 Å². The predicted octanol–water partition coefficient (Wildman–Crippen LogP) is 3.18. The Morgan fingerprint density at radius 1 is 0.966 bits per heavy atom. The number of esters is 1. The van der Waals surface area contributed by atoms with Crippen LogP contribution >= 0.6 is 11.3 Å². The molecule has 0 bridgehead atoms. The Morgan fingerprint density at radius 3 is 2.28 bits per heavy atom. The van der Waals surface area contributed by atoms with Gasteiger partial charge in [0, 0.05) is 31.7 Å². The number of hydrogen-bond acceptors (Lipinski definition) is 6. The molecule has 0 saturated carbocycles. The number of carbonyl (C=O) groups is 3. The fourth-order valence-corrected chi connectivity index (χ4v) is 3.87. The average molecular weight is 416 g/mol. The molecule has 0 radical (unpaired) electrons. The third-order valence-corrected chi connectivity index (χ3v) is 5.59. The van der Waals surface area contributed by atoms with Gasteiger partial charge in [-0.3, -0.25) is 4.79 Å². The Balaban J connectivity index is 1.53. The van der Waals surface area contributed by atoms with E-state index >= 15 is 0 Å². The Hall–Kier alpha value is -2.87. The number of piperazine rings is 1. The van der Waals surface area contributed by atoms with E-state index in [0.29, 0.717) is 37.7 Å². The van der Waals surface area contributed by atoms with E-state index in [-0.39, 0.29) is 18.6 Å². The molecule has 1 aromatic heterocycles. The smallest absolute Gasteiger partial charge is 0.409 e. The van der Waals surface area contributed by atoms with Crippen LogP contribution in [0.4, 0.5) is 4.79 Å². The molecule has 0 aliphatic carbocycles. The van der Waals surface area contributed by atoms with E-state index in [2.05, 4.69) is 0 Å². The van der Waals surface area contributed by atoms with Crippen LogP contribution in [-0.2, 0) is 14.3 Å². The van der Waals surface area contributed by atoms with Gasteiger partial charge in [0.15, 0.2) is 6.61 Å². The molecule has 1 aliphatic heterocycles. The Morgan fingerprint density at radius 2 is 1.62 bits per heavy atom. The minimum absolute atomic E-state index is 0.268. The molecule has 7 nitrogen and oxygen atoms in total. The van der Waals surface area contributed by atoms with Gasteiger partial charge in [-0.05, 0) is 30.9 Å². The van der Waals surface area contributed by atoms with Crippen molar-refractivity contribution in [2.75, 3.05) is 39.4 Å². The first-order valence-corrected chi connectivity index (χ1v) is 10.4. The number of amides is 2. The van der Waals surface area contributed by atoms with Crippen molar-refractivity contribution in [1.29, 1.82) is 0 Å². The first-order valence-electron chi connectivity index (χ1n) is 9.50. The summed E-state index contributed by atoms with van der Waals surface area (Å²) in [7, 11) is 0. The summed E-state index contributed by atoms with van der Waals surface area (Å²) in [6, 6.07) is 9.77. The molecule has 3 rings (SSSR count). The molecule has 1 fully saturated rings. The third-order valence-electron chi connectivity index (χ3n) is 4.70. The van der Waals surface area contributed by atoms with Crippen LogP contribution in [0.5, 0.6) is 0 Å². The highest BCUT2D eigenvalue weighted by Crippen LogP contribution is 2.29. The number of hydrogen-bond donors (Lipinski definition) is 0. The third kappa shape index (κ3) is 5.14. The molecule has 0 N–H and O–H groups in total. The maximum absolute atomic E-state index is 12.5. The fourth-order valence-electron chi connectivity index (χ4n) is 3.07. The monoisotopic (exact) mass is 416 g/mol. The molecule has 0 unspecified atom stereocenters. The lowest BCUT2D eigenvalue weighted by Crippen LogP contribution is -2.51. The Kier molecular flexibility index (Phi) is 6.87. The molecule has 0 atom stereocenters. The van der Waals surface area contributed by atoms with Crippen LogP contribution in [0.15, 0.2) is 35.7 Å². The highest BCUT2D eigenvalue weighted by atomic mass is 32.1. The quantitative estimate of drug-likeness (QED) is 0.700. The van der Waals surface area contributed by atoms with Crippen molar-refractivity contribution in [3.8, 4) is 11.1 Å². The zero-order valence-electron chi connectivity index (χ0n) is 16.6. The molecule has 2 aromatic rings. The van der Waals surface area contributed by atoms with Gasteiger partial charge in [0.2, 0.25) is 0 Å². The van der Waals surface area contributed by atoms with Gasteiger partial charge in [0.25, 0.3) is 5.91 Å². The molecule has 1 aromatic carbocycles. The van der Waals surface area contributed by atoms with Crippen LogP contribution in [-0.4, -0.2) is 67.2 Å². The number of aryl methyl sites for hydroxylation is 1. The summed E-state index contributed by atoms with van der Waals surface area (Å²) in [5.41, 5.74) is 2.88. The van der Waals surface area contributed by atoms with Crippen molar-refractivity contribution >= 4 is 29.3 Å². The van der Waals surface area contributed by atoms with Crippen molar-refractivity contribution in [2.24, 2.45) is 0 Å². The van der Waals surface area contributed by atoms with Crippen molar-refractivity contribution in [1.82, 2.24) is 9.80 Å². The Bertz CT molecular complexity index is 869. The van der Waals surface area contributed by atoms with Gasteiger partial charge in [-0.1, -0.05) is 29.8 Å². The predicted molar refractivity (Wildman–Crippen MR) is 110 cm³/mol. The van der Waals surface area contributed by atoms with Crippen LogP contribution in [0.3, 0.4) is 0 Å². The Labute approximate surface area is 173 Å². The first kappa shape index (κ1) is 20.9. The van der Waals surface area contributed by atoms with Crippen molar-refractivity contribution in [3.63, 3.8) is 0 Å². The maximum atomic E-state index is 12.5. The maximum Gasteiger partial charge on any atom is 0.409 e. The average Bonchev–Trinajstić information content (AvgIpc) is 3.22. The van der Waals surface area contributed by atoms with E-state index in [1.807, 2.05) is 42.6 Å². The second-order valence-corrected chi connectivity index (χ2v) is 7.59. The summed E-state index contributed by atoms with van der Waals surface area (Å²) in [6.07, 6.45) is -0.368. The highest BCUT2D eigenvalue weighted by molar-refractivity contribution is 7.12. The van der Waals surface area contributed by atoms with Gasteiger partial charge in [-0.15, -0.1) is 11.3 Å². The summed E-state index contributed by atoms with van der Waals surface area (Å²) < 4.78 is 10.2. The summed E-state index contributed by atoms with van der Waals surface area (Å²) in [6.45, 7) is 5.35. The van der Waals surface area contributed by atoms with Crippen LogP contribution in [0.2, 0.25) is 0 Å². The molecule has 0 spiro atoms. The van der Waals surface area contributed by atoms with Crippen LogP contribution in [0, 0.1) is 6.92 Å². The largest absolute Gasteiger partial charge is 0.451 e. The summed E-state index contributed by atoms with van der Waals surface area (Å²) in [5.74, 6) is -0.774. The normalized spacial score (nSPS) is 13.9. The van der Waals surface area contributed by atoms with Crippen molar-refractivity contribution in [2.45, 2.75) is 13.8 Å². The van der Waals surface area contributed by atoms with Gasteiger partial charge in [-0.2, -0.15) is 0 Å². The van der Waals surface area contributed by atoms with Gasteiger partial charge < -0.3 is 19.3 Å². The van der Waals surface area contributed by atoms with Crippen molar-refractivity contribution < 1.29 is 23.9 Å². The molecule has 154 valence electrons. The number of nitrogens with zero attached hydrogens (tertiary/aromatic N) is 2.